The van der Waals surface area contributed by atoms with E-state index in [9.17, 15) is 0 Å². The van der Waals surface area contributed by atoms with E-state index in [-0.39, 0.29) is 0 Å². The molecule has 1 rings (SSSR count). The van der Waals surface area contributed by atoms with E-state index in [1.807, 2.05) is 0 Å². The van der Waals surface area contributed by atoms with Gasteiger partial charge in [-0.3, -0.25) is 0 Å². The lowest BCUT2D eigenvalue weighted by Gasteiger charge is -2.35. The first-order chi connectivity index (χ1) is 5.00. The summed E-state index contributed by atoms with van der Waals surface area (Å²) < 4.78 is 0.950. The molecule has 1 aliphatic carbocycles. The van der Waals surface area contributed by atoms with Gasteiger partial charge in [0.1, 0.15) is 0 Å². The van der Waals surface area contributed by atoms with Crippen molar-refractivity contribution in [3.63, 3.8) is 0 Å². The minimum atomic E-state index is 0.545. The van der Waals surface area contributed by atoms with Gasteiger partial charge in [0, 0.05) is 3.92 Å². The van der Waals surface area contributed by atoms with Gasteiger partial charge in [0.05, 0.1) is 0 Å². The molecular weight excluding hydrogens is 247 g/mol. The number of rotatable bonds is 0. The van der Waals surface area contributed by atoms with Gasteiger partial charge in [-0.05, 0) is 30.6 Å². The Balaban J connectivity index is 2.46. The number of halogens is 1. The van der Waals surface area contributed by atoms with Crippen molar-refractivity contribution in [1.29, 1.82) is 0 Å². The van der Waals surface area contributed by atoms with Crippen LogP contribution in [-0.2, 0) is 0 Å². The maximum absolute atomic E-state index is 2.61. The zero-order chi connectivity index (χ0) is 8.48. The molecule has 1 fully saturated rings. The molecular formula is C10H19I. The summed E-state index contributed by atoms with van der Waals surface area (Å²) in [7, 11) is 0. The van der Waals surface area contributed by atoms with Gasteiger partial charge in [0.25, 0.3) is 0 Å². The quantitative estimate of drug-likeness (QED) is 0.458. The summed E-state index contributed by atoms with van der Waals surface area (Å²) in [5.41, 5.74) is 0.545. The first-order valence-electron chi connectivity index (χ1n) is 4.64. The Morgan fingerprint density at radius 2 is 1.82 bits per heavy atom. The van der Waals surface area contributed by atoms with Gasteiger partial charge in [-0.2, -0.15) is 0 Å². The standard InChI is InChI=1S/C10H19I/c1-10(2,3)8-5-4-6-9(11)7-8/h8-9H,4-7H2,1-3H3/t8-,9+/m0/s1. The van der Waals surface area contributed by atoms with Crippen LogP contribution < -0.4 is 0 Å². The molecule has 0 aromatic carbocycles. The molecule has 0 radical (unpaired) electrons. The Morgan fingerprint density at radius 1 is 1.18 bits per heavy atom. The Morgan fingerprint density at radius 3 is 2.18 bits per heavy atom. The van der Waals surface area contributed by atoms with E-state index in [4.69, 9.17) is 0 Å². The van der Waals surface area contributed by atoms with Crippen LogP contribution in [0.15, 0.2) is 0 Å². The van der Waals surface area contributed by atoms with Crippen molar-refractivity contribution < 1.29 is 0 Å². The Bertz CT molecular complexity index is 123. The van der Waals surface area contributed by atoms with E-state index in [1.165, 1.54) is 25.7 Å². The largest absolute Gasteiger partial charge is 0.0826 e. The second-order valence-corrected chi connectivity index (χ2v) is 6.59. The van der Waals surface area contributed by atoms with E-state index in [0.717, 1.165) is 9.84 Å². The molecule has 11 heavy (non-hydrogen) atoms. The lowest BCUT2D eigenvalue weighted by atomic mass is 9.72. The normalized spacial score (nSPS) is 33.8. The smallest absolute Gasteiger partial charge is 0.0112 e. The number of hydrogen-bond acceptors (Lipinski definition) is 0. The van der Waals surface area contributed by atoms with Crippen LogP contribution in [0.5, 0.6) is 0 Å². The Hall–Kier alpha value is 0.730. The van der Waals surface area contributed by atoms with Crippen molar-refractivity contribution in [3.05, 3.63) is 0 Å². The molecule has 0 saturated heterocycles. The molecule has 2 atom stereocenters. The van der Waals surface area contributed by atoms with Crippen LogP contribution in [0.4, 0.5) is 0 Å². The molecule has 0 bridgehead atoms. The van der Waals surface area contributed by atoms with E-state index in [2.05, 4.69) is 43.4 Å². The summed E-state index contributed by atoms with van der Waals surface area (Å²) >= 11 is 2.61. The third kappa shape index (κ3) is 2.92. The highest BCUT2D eigenvalue weighted by atomic mass is 127. The molecule has 66 valence electrons. The maximum Gasteiger partial charge on any atom is 0.0112 e. The highest BCUT2D eigenvalue weighted by Gasteiger charge is 2.29. The van der Waals surface area contributed by atoms with E-state index >= 15 is 0 Å². The van der Waals surface area contributed by atoms with Crippen LogP contribution in [0.2, 0.25) is 0 Å². The zero-order valence-electron chi connectivity index (χ0n) is 7.86. The average Bonchev–Trinajstić information content (AvgIpc) is 1.86. The molecule has 0 amide bonds. The van der Waals surface area contributed by atoms with Crippen LogP contribution in [-0.4, -0.2) is 3.92 Å². The van der Waals surface area contributed by atoms with Gasteiger partial charge in [-0.1, -0.05) is 49.8 Å². The summed E-state index contributed by atoms with van der Waals surface area (Å²) in [5.74, 6) is 0.971. The van der Waals surface area contributed by atoms with Crippen LogP contribution in [0.1, 0.15) is 46.5 Å². The van der Waals surface area contributed by atoms with Gasteiger partial charge in [-0.25, -0.2) is 0 Å². The molecule has 0 nitrogen and oxygen atoms in total. The van der Waals surface area contributed by atoms with Crippen LogP contribution in [0, 0.1) is 11.3 Å². The summed E-state index contributed by atoms with van der Waals surface area (Å²) in [6, 6.07) is 0. The molecule has 0 unspecified atom stereocenters. The predicted molar refractivity (Wildman–Crippen MR) is 59.2 cm³/mol. The first-order valence-corrected chi connectivity index (χ1v) is 5.89. The van der Waals surface area contributed by atoms with E-state index in [0.29, 0.717) is 5.41 Å². The lowest BCUT2D eigenvalue weighted by molar-refractivity contribution is 0.186. The SMILES string of the molecule is CC(C)(C)[C@H]1CCC[C@@H](I)C1. The fourth-order valence-corrected chi connectivity index (χ4v) is 2.97. The van der Waals surface area contributed by atoms with Crippen molar-refractivity contribution in [2.75, 3.05) is 0 Å². The average molecular weight is 266 g/mol. The van der Waals surface area contributed by atoms with E-state index < -0.39 is 0 Å². The second kappa shape index (κ2) is 3.63. The van der Waals surface area contributed by atoms with Crippen molar-refractivity contribution >= 4 is 22.6 Å². The van der Waals surface area contributed by atoms with Crippen molar-refractivity contribution in [3.8, 4) is 0 Å². The lowest BCUT2D eigenvalue weighted by Crippen LogP contribution is -2.26. The first kappa shape index (κ1) is 9.82. The topological polar surface area (TPSA) is 0 Å². The second-order valence-electron chi connectivity index (χ2n) is 4.83. The molecule has 1 heteroatoms. The Labute approximate surface area is 84.3 Å². The molecule has 1 saturated carbocycles. The van der Waals surface area contributed by atoms with E-state index in [1.54, 1.807) is 0 Å². The highest BCUT2D eigenvalue weighted by Crippen LogP contribution is 2.39. The number of alkyl halides is 1. The fraction of sp³-hybridized carbons (Fsp3) is 1.00. The summed E-state index contributed by atoms with van der Waals surface area (Å²) in [6.07, 6.45) is 5.82. The van der Waals surface area contributed by atoms with Gasteiger partial charge < -0.3 is 0 Å². The van der Waals surface area contributed by atoms with Crippen LogP contribution in [0.3, 0.4) is 0 Å². The van der Waals surface area contributed by atoms with Crippen molar-refractivity contribution in [1.82, 2.24) is 0 Å². The van der Waals surface area contributed by atoms with Crippen LogP contribution >= 0.6 is 22.6 Å². The predicted octanol–water partition coefficient (Wildman–Crippen LogP) is 4.03. The summed E-state index contributed by atoms with van der Waals surface area (Å²) in [4.78, 5) is 0. The molecule has 0 aromatic heterocycles. The third-order valence-corrected chi connectivity index (χ3v) is 3.97. The molecule has 1 aliphatic rings. The Kier molecular flexibility index (Phi) is 3.24. The monoisotopic (exact) mass is 266 g/mol. The van der Waals surface area contributed by atoms with Gasteiger partial charge in [0.2, 0.25) is 0 Å². The fourth-order valence-electron chi connectivity index (χ4n) is 1.92. The summed E-state index contributed by atoms with van der Waals surface area (Å²) in [6.45, 7) is 7.14. The van der Waals surface area contributed by atoms with Gasteiger partial charge in [-0.15, -0.1) is 0 Å². The van der Waals surface area contributed by atoms with Crippen LogP contribution in [0.25, 0.3) is 0 Å². The molecule has 0 aromatic rings. The molecule has 0 aliphatic heterocycles. The van der Waals surface area contributed by atoms with Crippen molar-refractivity contribution in [2.45, 2.75) is 50.4 Å². The minimum Gasteiger partial charge on any atom is -0.0826 e. The van der Waals surface area contributed by atoms with Gasteiger partial charge in [0.15, 0.2) is 0 Å². The number of hydrogen-bond donors (Lipinski definition) is 0. The summed E-state index contributed by atoms with van der Waals surface area (Å²) in [5, 5.41) is 0. The third-order valence-electron chi connectivity index (χ3n) is 2.83. The minimum absolute atomic E-state index is 0.545. The highest BCUT2D eigenvalue weighted by molar-refractivity contribution is 14.1. The molecule has 0 N–H and O–H groups in total. The molecule has 0 heterocycles. The van der Waals surface area contributed by atoms with Gasteiger partial charge >= 0.3 is 0 Å². The zero-order valence-corrected chi connectivity index (χ0v) is 10.0. The van der Waals surface area contributed by atoms with Crippen molar-refractivity contribution in [2.24, 2.45) is 11.3 Å². The maximum atomic E-state index is 2.61. The molecule has 0 spiro atoms.